The largest absolute Gasteiger partial charge is 0.452 e. The molecule has 0 aliphatic carbocycles. The summed E-state index contributed by atoms with van der Waals surface area (Å²) in [7, 11) is -1.70. The fourth-order valence-corrected chi connectivity index (χ4v) is 7.17. The van der Waals surface area contributed by atoms with Gasteiger partial charge in [-0.1, -0.05) is 6.92 Å². The lowest BCUT2D eigenvalue weighted by atomic mass is 9.95. The summed E-state index contributed by atoms with van der Waals surface area (Å²) in [4.78, 5) is 19.4. The van der Waals surface area contributed by atoms with Gasteiger partial charge in [0.1, 0.15) is 5.82 Å². The van der Waals surface area contributed by atoms with Crippen LogP contribution in [0.5, 0.6) is 0 Å². The Balaban J connectivity index is 1.67. The van der Waals surface area contributed by atoms with Gasteiger partial charge in [-0.25, -0.2) is 18.2 Å². The Labute approximate surface area is 199 Å². The summed E-state index contributed by atoms with van der Waals surface area (Å²) >= 11 is 0. The van der Waals surface area contributed by atoms with Crippen molar-refractivity contribution < 1.29 is 17.9 Å². The van der Waals surface area contributed by atoms with Crippen LogP contribution >= 0.6 is 0 Å². The second-order valence-corrected chi connectivity index (χ2v) is 11.8. The maximum atomic E-state index is 12.6. The molecular weight excluding hydrogens is 454 g/mol. The average molecular weight is 486 g/mol. The normalized spacial score (nSPS) is 23.0. The Kier molecular flexibility index (Phi) is 5.87. The molecule has 2 aliphatic rings. The Hall–Kier alpha value is -2.88. The SMILES string of the molecule is COC(=O)N1c2ccc3c(nc([C@@H](C)Cn4cccn4)n3[C@H]3CCCS(=O)(=O)C3)c2CC[C@@H]1C. The highest BCUT2D eigenvalue weighted by molar-refractivity contribution is 7.91. The third kappa shape index (κ3) is 3.97. The summed E-state index contributed by atoms with van der Waals surface area (Å²) in [6.45, 7) is 4.77. The molecule has 3 atom stereocenters. The molecule has 1 fully saturated rings. The zero-order valence-electron chi connectivity index (χ0n) is 19.8. The Morgan fingerprint density at radius 1 is 1.29 bits per heavy atom. The van der Waals surface area contributed by atoms with Crippen LogP contribution in [0, 0.1) is 0 Å². The molecule has 5 rings (SSSR count). The summed E-state index contributed by atoms with van der Waals surface area (Å²) < 4.78 is 34.2. The van der Waals surface area contributed by atoms with Crippen molar-refractivity contribution in [1.82, 2.24) is 19.3 Å². The van der Waals surface area contributed by atoms with E-state index in [-0.39, 0.29) is 35.6 Å². The van der Waals surface area contributed by atoms with E-state index in [0.29, 0.717) is 13.0 Å². The molecular formula is C24H31N5O4S. The molecule has 1 amide bonds. The van der Waals surface area contributed by atoms with Gasteiger partial charge in [0.2, 0.25) is 0 Å². The van der Waals surface area contributed by atoms with E-state index in [1.165, 1.54) is 7.11 Å². The van der Waals surface area contributed by atoms with Gasteiger partial charge in [-0.2, -0.15) is 5.10 Å². The molecule has 3 aromatic rings. The van der Waals surface area contributed by atoms with Gasteiger partial charge in [0.15, 0.2) is 9.84 Å². The number of hydrogen-bond acceptors (Lipinski definition) is 6. The smallest absolute Gasteiger partial charge is 0.414 e. The third-order valence-electron chi connectivity index (χ3n) is 7.12. The Bertz CT molecular complexity index is 1310. The first kappa shape index (κ1) is 22.9. The molecule has 0 unspecified atom stereocenters. The van der Waals surface area contributed by atoms with Crippen molar-refractivity contribution in [1.29, 1.82) is 0 Å². The standard InChI is InChI=1S/C24H31N5O4S/c1-16(14-27-12-5-11-25-27)23-26-22-19-8-7-17(2)28(24(30)33-3)20(19)9-10-21(22)29(23)18-6-4-13-34(31,32)15-18/h5,9-12,16-18H,4,6-8,13-15H2,1-3H3/t16-,17-,18-/m0/s1. The van der Waals surface area contributed by atoms with Crippen LogP contribution in [0.25, 0.3) is 11.0 Å². The van der Waals surface area contributed by atoms with Gasteiger partial charge < -0.3 is 9.30 Å². The number of sulfone groups is 1. The number of methoxy groups -OCH3 is 1. The number of imidazole rings is 1. The molecule has 1 saturated heterocycles. The average Bonchev–Trinajstić information content (AvgIpc) is 3.45. The fourth-order valence-electron chi connectivity index (χ4n) is 5.50. The molecule has 0 N–H and O–H groups in total. The summed E-state index contributed by atoms with van der Waals surface area (Å²) in [6.07, 6.45) is 6.36. The van der Waals surface area contributed by atoms with E-state index in [4.69, 9.17) is 9.72 Å². The van der Waals surface area contributed by atoms with Crippen LogP contribution in [0.1, 0.15) is 56.5 Å². The number of nitrogens with zero attached hydrogens (tertiary/aromatic N) is 5. The predicted octanol–water partition coefficient (Wildman–Crippen LogP) is 3.69. The number of aryl methyl sites for hydroxylation is 1. The van der Waals surface area contributed by atoms with E-state index in [0.717, 1.165) is 47.4 Å². The minimum Gasteiger partial charge on any atom is -0.452 e. The van der Waals surface area contributed by atoms with Gasteiger partial charge in [0, 0.05) is 36.0 Å². The minimum atomic E-state index is -3.10. The van der Waals surface area contributed by atoms with Crippen molar-refractivity contribution in [2.24, 2.45) is 0 Å². The Morgan fingerprint density at radius 3 is 2.82 bits per heavy atom. The van der Waals surface area contributed by atoms with Crippen LogP contribution < -0.4 is 4.90 Å². The molecule has 2 aliphatic heterocycles. The van der Waals surface area contributed by atoms with E-state index in [9.17, 15) is 13.2 Å². The van der Waals surface area contributed by atoms with Gasteiger partial charge in [-0.05, 0) is 50.8 Å². The number of anilines is 1. The van der Waals surface area contributed by atoms with Crippen LogP contribution in [0.2, 0.25) is 0 Å². The first-order chi connectivity index (χ1) is 16.3. The van der Waals surface area contributed by atoms with E-state index >= 15 is 0 Å². The van der Waals surface area contributed by atoms with Gasteiger partial charge in [0.25, 0.3) is 0 Å². The van der Waals surface area contributed by atoms with E-state index < -0.39 is 9.84 Å². The summed E-state index contributed by atoms with van der Waals surface area (Å²) in [6, 6.07) is 5.71. The molecule has 0 saturated carbocycles. The molecule has 0 radical (unpaired) electrons. The number of carbonyl (C=O) groups is 1. The third-order valence-corrected chi connectivity index (χ3v) is 8.92. The highest BCUT2D eigenvalue weighted by atomic mass is 32.2. The molecule has 9 nitrogen and oxygen atoms in total. The lowest BCUT2D eigenvalue weighted by molar-refractivity contribution is 0.175. The Morgan fingerprint density at radius 2 is 2.12 bits per heavy atom. The van der Waals surface area contributed by atoms with Crippen molar-refractivity contribution >= 4 is 32.7 Å². The number of amides is 1. The zero-order chi connectivity index (χ0) is 24.0. The maximum Gasteiger partial charge on any atom is 0.414 e. The number of hydrogen-bond donors (Lipinski definition) is 0. The van der Waals surface area contributed by atoms with E-state index in [1.54, 1.807) is 11.1 Å². The summed E-state index contributed by atoms with van der Waals surface area (Å²) in [5, 5.41) is 4.34. The number of fused-ring (bicyclic) bond motifs is 3. The van der Waals surface area contributed by atoms with Crippen LogP contribution in [0.15, 0.2) is 30.6 Å². The van der Waals surface area contributed by atoms with Crippen molar-refractivity contribution in [3.8, 4) is 0 Å². The number of ether oxygens (including phenoxy) is 1. The number of carbonyl (C=O) groups excluding carboxylic acids is 1. The molecule has 34 heavy (non-hydrogen) atoms. The molecule has 0 spiro atoms. The van der Waals surface area contributed by atoms with Crippen molar-refractivity contribution in [2.75, 3.05) is 23.5 Å². The van der Waals surface area contributed by atoms with Crippen molar-refractivity contribution in [3.05, 3.63) is 42.0 Å². The van der Waals surface area contributed by atoms with Crippen molar-refractivity contribution in [2.45, 2.75) is 64.1 Å². The van der Waals surface area contributed by atoms with Crippen LogP contribution in [-0.4, -0.2) is 58.5 Å². The van der Waals surface area contributed by atoms with Gasteiger partial charge in [-0.15, -0.1) is 0 Å². The quantitative estimate of drug-likeness (QED) is 0.559. The highest BCUT2D eigenvalue weighted by Gasteiger charge is 2.34. The van der Waals surface area contributed by atoms with Crippen LogP contribution in [0.3, 0.4) is 0 Å². The highest BCUT2D eigenvalue weighted by Crippen LogP contribution is 2.39. The first-order valence-electron chi connectivity index (χ1n) is 11.9. The van der Waals surface area contributed by atoms with Gasteiger partial charge in [0.05, 0.1) is 41.9 Å². The number of benzene rings is 1. The van der Waals surface area contributed by atoms with Crippen molar-refractivity contribution in [3.63, 3.8) is 0 Å². The van der Waals surface area contributed by atoms with E-state index in [2.05, 4.69) is 16.6 Å². The molecule has 2 aromatic heterocycles. The molecule has 10 heteroatoms. The van der Waals surface area contributed by atoms with Crippen LogP contribution in [-0.2, 0) is 27.5 Å². The monoisotopic (exact) mass is 485 g/mol. The number of rotatable bonds is 4. The van der Waals surface area contributed by atoms with Gasteiger partial charge in [-0.3, -0.25) is 9.58 Å². The fraction of sp³-hybridized carbons (Fsp3) is 0.542. The number of aromatic nitrogens is 4. The van der Waals surface area contributed by atoms with Crippen LogP contribution in [0.4, 0.5) is 10.5 Å². The minimum absolute atomic E-state index is 0.0202. The first-order valence-corrected chi connectivity index (χ1v) is 13.7. The lowest BCUT2D eigenvalue weighted by Crippen LogP contribution is -2.42. The topological polar surface area (TPSA) is 99.3 Å². The van der Waals surface area contributed by atoms with E-state index in [1.807, 2.05) is 36.0 Å². The zero-order valence-corrected chi connectivity index (χ0v) is 20.7. The summed E-state index contributed by atoms with van der Waals surface area (Å²) in [5.74, 6) is 1.26. The molecule has 1 aromatic carbocycles. The predicted molar refractivity (Wildman–Crippen MR) is 130 cm³/mol. The maximum absolute atomic E-state index is 12.6. The molecule has 0 bridgehead atoms. The molecule has 182 valence electrons. The summed E-state index contributed by atoms with van der Waals surface area (Å²) in [5.41, 5.74) is 3.63. The molecule has 4 heterocycles. The lowest BCUT2D eigenvalue weighted by Gasteiger charge is -2.34. The van der Waals surface area contributed by atoms with Gasteiger partial charge >= 0.3 is 6.09 Å². The second kappa shape index (κ2) is 8.72. The second-order valence-electron chi connectivity index (χ2n) is 9.54.